The molecule has 0 saturated carbocycles. The fourth-order valence-electron chi connectivity index (χ4n) is 3.58. The van der Waals surface area contributed by atoms with Crippen LogP contribution in [0.1, 0.15) is 49.8 Å². The fraction of sp³-hybridized carbons (Fsp3) is 0.476. The van der Waals surface area contributed by atoms with Crippen molar-refractivity contribution in [2.45, 2.75) is 38.5 Å². The predicted octanol–water partition coefficient (Wildman–Crippen LogP) is 3.53. The number of urea groups is 1. The zero-order valence-corrected chi connectivity index (χ0v) is 17.2. The Bertz CT molecular complexity index is 831. The Labute approximate surface area is 171 Å². The molecule has 0 bridgehead atoms. The van der Waals surface area contributed by atoms with Gasteiger partial charge in [0, 0.05) is 31.8 Å². The summed E-state index contributed by atoms with van der Waals surface area (Å²) in [7, 11) is 1.48. The molecular formula is C21H29N5O3. The van der Waals surface area contributed by atoms with Crippen molar-refractivity contribution in [1.82, 2.24) is 15.1 Å². The molecule has 8 heteroatoms. The van der Waals surface area contributed by atoms with E-state index in [0.717, 1.165) is 24.2 Å². The Morgan fingerprint density at radius 3 is 2.72 bits per heavy atom. The van der Waals surface area contributed by atoms with Crippen LogP contribution in [-0.4, -0.2) is 53.8 Å². The summed E-state index contributed by atoms with van der Waals surface area (Å²) >= 11 is 0. The summed E-state index contributed by atoms with van der Waals surface area (Å²) in [5.41, 5.74) is 3.51. The van der Waals surface area contributed by atoms with Gasteiger partial charge in [-0.25, -0.2) is 4.79 Å². The van der Waals surface area contributed by atoms with Gasteiger partial charge in [0.2, 0.25) is 5.91 Å². The predicted molar refractivity (Wildman–Crippen MR) is 112 cm³/mol. The first kappa shape index (κ1) is 20.9. The summed E-state index contributed by atoms with van der Waals surface area (Å²) in [6, 6.07) is 7.84. The molecule has 1 atom stereocenters. The number of hydrogen-bond donors (Lipinski definition) is 3. The van der Waals surface area contributed by atoms with Crippen LogP contribution in [0.5, 0.6) is 0 Å². The van der Waals surface area contributed by atoms with Crippen LogP contribution in [0.4, 0.5) is 16.2 Å². The van der Waals surface area contributed by atoms with Gasteiger partial charge < -0.3 is 20.3 Å². The number of anilines is 2. The monoisotopic (exact) mass is 399 g/mol. The molecule has 1 aliphatic heterocycles. The highest BCUT2D eigenvalue weighted by atomic mass is 16.5. The average molecular weight is 399 g/mol. The minimum absolute atomic E-state index is 0.0145. The standard InChI is InChI=1S/C21H29N5O3/c1-14(2)15-6-8-17(9-7-15)23-21(28)26-10-4-5-16(12-26)20-18(11-22-25-20)24-19(27)13-29-3/h6-9,11,14,16H,4-5,10,12-13H2,1-3H3,(H,22,25)(H,23,28)(H,24,27)/t16-/m1/s1. The zero-order valence-electron chi connectivity index (χ0n) is 17.2. The molecule has 1 aromatic heterocycles. The van der Waals surface area contributed by atoms with Gasteiger partial charge in [0.15, 0.2) is 0 Å². The lowest BCUT2D eigenvalue weighted by Crippen LogP contribution is -2.41. The third-order valence-electron chi connectivity index (χ3n) is 5.16. The summed E-state index contributed by atoms with van der Waals surface area (Å²) in [4.78, 5) is 26.4. The van der Waals surface area contributed by atoms with E-state index in [2.05, 4.69) is 34.7 Å². The lowest BCUT2D eigenvalue weighted by Gasteiger charge is -2.32. The molecule has 0 unspecified atom stereocenters. The Kier molecular flexibility index (Phi) is 6.87. The number of piperidine rings is 1. The first-order valence-electron chi connectivity index (χ1n) is 9.96. The first-order valence-corrected chi connectivity index (χ1v) is 9.96. The molecule has 1 aliphatic rings. The van der Waals surface area contributed by atoms with Gasteiger partial charge in [-0.2, -0.15) is 5.10 Å². The number of carbonyl (C=O) groups is 2. The number of methoxy groups -OCH3 is 1. The van der Waals surface area contributed by atoms with Gasteiger partial charge in [-0.05, 0) is 36.5 Å². The van der Waals surface area contributed by atoms with E-state index in [0.29, 0.717) is 24.7 Å². The van der Waals surface area contributed by atoms with E-state index < -0.39 is 0 Å². The van der Waals surface area contributed by atoms with Crippen LogP contribution in [0.3, 0.4) is 0 Å². The molecule has 2 heterocycles. The minimum atomic E-state index is -0.231. The van der Waals surface area contributed by atoms with Crippen LogP contribution in [-0.2, 0) is 9.53 Å². The van der Waals surface area contributed by atoms with E-state index >= 15 is 0 Å². The molecule has 1 fully saturated rings. The van der Waals surface area contributed by atoms with Crippen LogP contribution < -0.4 is 10.6 Å². The van der Waals surface area contributed by atoms with E-state index in [1.165, 1.54) is 12.7 Å². The second-order valence-electron chi connectivity index (χ2n) is 7.67. The molecule has 8 nitrogen and oxygen atoms in total. The van der Waals surface area contributed by atoms with Gasteiger partial charge >= 0.3 is 6.03 Å². The van der Waals surface area contributed by atoms with E-state index in [1.54, 1.807) is 6.20 Å². The van der Waals surface area contributed by atoms with Crippen molar-refractivity contribution in [2.24, 2.45) is 0 Å². The Hall–Kier alpha value is -2.87. The summed E-state index contributed by atoms with van der Waals surface area (Å²) in [6.07, 6.45) is 3.40. The summed E-state index contributed by atoms with van der Waals surface area (Å²) in [6.45, 7) is 5.53. The van der Waals surface area contributed by atoms with E-state index in [-0.39, 0.29) is 24.5 Å². The Morgan fingerprint density at radius 1 is 1.28 bits per heavy atom. The van der Waals surface area contributed by atoms with Crippen molar-refractivity contribution < 1.29 is 14.3 Å². The SMILES string of the molecule is COCC(=O)Nc1cn[nH]c1[C@@H]1CCCN(C(=O)Nc2ccc(C(C)C)cc2)C1. The number of nitrogens with zero attached hydrogens (tertiary/aromatic N) is 2. The molecule has 3 N–H and O–H groups in total. The molecular weight excluding hydrogens is 370 g/mol. The normalized spacial score (nSPS) is 16.7. The lowest BCUT2D eigenvalue weighted by atomic mass is 9.94. The Morgan fingerprint density at radius 2 is 2.03 bits per heavy atom. The van der Waals surface area contributed by atoms with E-state index in [1.807, 2.05) is 29.2 Å². The van der Waals surface area contributed by atoms with Crippen molar-refractivity contribution in [3.63, 3.8) is 0 Å². The van der Waals surface area contributed by atoms with Gasteiger partial charge in [-0.15, -0.1) is 0 Å². The maximum Gasteiger partial charge on any atom is 0.321 e. The smallest absolute Gasteiger partial charge is 0.321 e. The van der Waals surface area contributed by atoms with Gasteiger partial charge in [0.05, 0.1) is 17.6 Å². The van der Waals surface area contributed by atoms with Crippen molar-refractivity contribution in [2.75, 3.05) is 37.4 Å². The number of benzene rings is 1. The molecule has 0 radical (unpaired) electrons. The number of ether oxygens (including phenoxy) is 1. The van der Waals surface area contributed by atoms with Crippen molar-refractivity contribution in [3.8, 4) is 0 Å². The van der Waals surface area contributed by atoms with Gasteiger partial charge in [-0.3, -0.25) is 9.89 Å². The third kappa shape index (κ3) is 5.35. The quantitative estimate of drug-likeness (QED) is 0.692. The van der Waals surface area contributed by atoms with E-state index in [4.69, 9.17) is 4.74 Å². The van der Waals surface area contributed by atoms with Gasteiger partial charge in [-0.1, -0.05) is 26.0 Å². The van der Waals surface area contributed by atoms with Crippen molar-refractivity contribution in [1.29, 1.82) is 0 Å². The highest BCUT2D eigenvalue weighted by Crippen LogP contribution is 2.30. The van der Waals surface area contributed by atoms with Crippen LogP contribution in [0.15, 0.2) is 30.5 Å². The number of aromatic amines is 1. The number of carbonyl (C=O) groups excluding carboxylic acids is 2. The average Bonchev–Trinajstić information content (AvgIpc) is 3.16. The lowest BCUT2D eigenvalue weighted by molar-refractivity contribution is -0.119. The number of hydrogen-bond acceptors (Lipinski definition) is 4. The second-order valence-corrected chi connectivity index (χ2v) is 7.67. The molecule has 1 saturated heterocycles. The maximum atomic E-state index is 12.8. The van der Waals surface area contributed by atoms with Crippen LogP contribution >= 0.6 is 0 Å². The van der Waals surface area contributed by atoms with Crippen molar-refractivity contribution in [3.05, 3.63) is 41.7 Å². The number of amides is 3. The fourth-order valence-corrected chi connectivity index (χ4v) is 3.58. The molecule has 156 valence electrons. The zero-order chi connectivity index (χ0) is 20.8. The Balaban J connectivity index is 1.62. The molecule has 3 rings (SSSR count). The molecule has 29 heavy (non-hydrogen) atoms. The molecule has 2 aromatic rings. The molecule has 1 aromatic carbocycles. The number of likely N-dealkylation sites (tertiary alicyclic amines) is 1. The number of rotatable bonds is 6. The molecule has 0 aliphatic carbocycles. The minimum Gasteiger partial charge on any atom is -0.375 e. The van der Waals surface area contributed by atoms with Crippen LogP contribution in [0, 0.1) is 0 Å². The molecule has 0 spiro atoms. The van der Waals surface area contributed by atoms with Crippen LogP contribution in [0.2, 0.25) is 0 Å². The number of H-pyrrole nitrogens is 1. The van der Waals surface area contributed by atoms with Gasteiger partial charge in [0.25, 0.3) is 0 Å². The highest BCUT2D eigenvalue weighted by Gasteiger charge is 2.28. The van der Waals surface area contributed by atoms with Crippen LogP contribution in [0.25, 0.3) is 0 Å². The van der Waals surface area contributed by atoms with E-state index in [9.17, 15) is 9.59 Å². The maximum absolute atomic E-state index is 12.8. The highest BCUT2D eigenvalue weighted by molar-refractivity contribution is 5.92. The summed E-state index contributed by atoms with van der Waals surface area (Å²) in [5, 5.41) is 12.8. The molecule has 3 amide bonds. The number of nitrogens with one attached hydrogen (secondary N) is 3. The number of aromatic nitrogens is 2. The van der Waals surface area contributed by atoms with Crippen molar-refractivity contribution >= 4 is 23.3 Å². The summed E-state index contributed by atoms with van der Waals surface area (Å²) < 4.78 is 4.86. The second kappa shape index (κ2) is 9.56. The topological polar surface area (TPSA) is 99.3 Å². The van der Waals surface area contributed by atoms with Gasteiger partial charge in [0.1, 0.15) is 6.61 Å². The largest absolute Gasteiger partial charge is 0.375 e. The third-order valence-corrected chi connectivity index (χ3v) is 5.16. The first-order chi connectivity index (χ1) is 14.0. The summed E-state index contributed by atoms with van der Waals surface area (Å²) in [5.74, 6) is 0.305.